The molecule has 0 radical (unpaired) electrons. The maximum Gasteiger partial charge on any atom is 0.305 e. The molecule has 0 fully saturated rings. The van der Waals surface area contributed by atoms with Crippen LogP contribution in [0.5, 0.6) is 0 Å². The van der Waals surface area contributed by atoms with Crippen LogP contribution in [0.3, 0.4) is 0 Å². The lowest BCUT2D eigenvalue weighted by atomic mass is 10.1. The van der Waals surface area contributed by atoms with Crippen molar-refractivity contribution in [3.8, 4) is 0 Å². The fourth-order valence-electron chi connectivity index (χ4n) is 2.47. The molecule has 2 aromatic carbocycles. The summed E-state index contributed by atoms with van der Waals surface area (Å²) in [5, 5.41) is 0.774. The van der Waals surface area contributed by atoms with Crippen LogP contribution in [0.25, 0.3) is 11.0 Å². The van der Waals surface area contributed by atoms with Gasteiger partial charge in [-0.15, -0.1) is 0 Å². The number of furan rings is 1. The van der Waals surface area contributed by atoms with Crippen LogP contribution in [0.1, 0.15) is 33.4 Å². The number of carbonyl (C=O) groups excluding carboxylic acids is 2. The van der Waals surface area contributed by atoms with Crippen molar-refractivity contribution < 1.29 is 23.1 Å². The number of fused-ring (bicyclic) bond motifs is 1. The van der Waals surface area contributed by atoms with E-state index in [2.05, 4.69) is 10.9 Å². The first-order valence-electron chi connectivity index (χ1n) is 8.04. The summed E-state index contributed by atoms with van der Waals surface area (Å²) in [5.41, 5.74) is 5.96. The summed E-state index contributed by atoms with van der Waals surface area (Å²) in [6.07, 6.45) is 0. The maximum absolute atomic E-state index is 12.9. The van der Waals surface area contributed by atoms with Gasteiger partial charge in [0.05, 0.1) is 6.61 Å². The van der Waals surface area contributed by atoms with Gasteiger partial charge in [-0.3, -0.25) is 20.4 Å². The van der Waals surface area contributed by atoms with Crippen molar-refractivity contribution in [2.75, 3.05) is 6.61 Å². The Morgan fingerprint density at radius 1 is 1.04 bits per heavy atom. The monoisotopic (exact) mass is 356 g/mol. The summed E-state index contributed by atoms with van der Waals surface area (Å²) < 4.78 is 23.9. The number of hydrazine groups is 1. The Morgan fingerprint density at radius 2 is 1.73 bits per heavy atom. The first-order valence-corrected chi connectivity index (χ1v) is 8.04. The minimum Gasteiger partial charge on any atom is -0.450 e. The Morgan fingerprint density at radius 3 is 2.46 bits per heavy atom. The van der Waals surface area contributed by atoms with E-state index < -0.39 is 17.6 Å². The Hall–Kier alpha value is -3.19. The first-order chi connectivity index (χ1) is 12.6. The predicted octanol–water partition coefficient (Wildman–Crippen LogP) is 3.18. The highest BCUT2D eigenvalue weighted by Gasteiger charge is 2.21. The molecule has 7 heteroatoms. The standard InChI is InChI=1S/C19H17FN2O4/c1-2-25-11-15-14-5-3-4-6-16(14)26-17(15)19(24)22-21-18(23)12-7-9-13(20)10-8-12/h3-10H,2,11H2,1H3,(H,21,23)(H,22,24). The summed E-state index contributed by atoms with van der Waals surface area (Å²) in [5.74, 6) is -1.56. The number of hydrogen-bond acceptors (Lipinski definition) is 4. The molecular formula is C19H17FN2O4. The van der Waals surface area contributed by atoms with E-state index in [0.717, 1.165) is 17.5 Å². The molecule has 0 aliphatic rings. The van der Waals surface area contributed by atoms with Crippen LogP contribution < -0.4 is 10.9 Å². The lowest BCUT2D eigenvalue weighted by Crippen LogP contribution is -2.41. The number of hydrogen-bond donors (Lipinski definition) is 2. The van der Waals surface area contributed by atoms with Crippen LogP contribution in [-0.2, 0) is 11.3 Å². The number of halogens is 1. The van der Waals surface area contributed by atoms with E-state index in [9.17, 15) is 14.0 Å². The molecular weight excluding hydrogens is 339 g/mol. The summed E-state index contributed by atoms with van der Waals surface area (Å²) in [6.45, 7) is 2.55. The lowest BCUT2D eigenvalue weighted by molar-refractivity contribution is 0.0825. The van der Waals surface area contributed by atoms with Crippen molar-refractivity contribution in [1.29, 1.82) is 0 Å². The zero-order valence-electron chi connectivity index (χ0n) is 14.0. The van der Waals surface area contributed by atoms with E-state index in [1.807, 2.05) is 19.1 Å². The molecule has 0 saturated heterocycles. The fourth-order valence-corrected chi connectivity index (χ4v) is 2.47. The highest BCUT2D eigenvalue weighted by atomic mass is 19.1. The highest BCUT2D eigenvalue weighted by Crippen LogP contribution is 2.26. The van der Waals surface area contributed by atoms with E-state index in [4.69, 9.17) is 9.15 Å². The first kappa shape index (κ1) is 17.6. The zero-order valence-corrected chi connectivity index (χ0v) is 14.0. The fraction of sp³-hybridized carbons (Fsp3) is 0.158. The Bertz CT molecular complexity index is 934. The maximum atomic E-state index is 12.9. The lowest BCUT2D eigenvalue weighted by Gasteiger charge is -2.07. The molecule has 134 valence electrons. The summed E-state index contributed by atoms with van der Waals surface area (Å²) in [6, 6.07) is 12.2. The molecule has 3 rings (SSSR count). The van der Waals surface area contributed by atoms with Crippen molar-refractivity contribution in [3.63, 3.8) is 0 Å². The Balaban J connectivity index is 1.76. The van der Waals surface area contributed by atoms with E-state index in [-0.39, 0.29) is 17.9 Å². The Labute approximate surface area is 148 Å². The topological polar surface area (TPSA) is 80.6 Å². The second-order valence-corrected chi connectivity index (χ2v) is 5.46. The van der Waals surface area contributed by atoms with Crippen LogP contribution in [0, 0.1) is 5.82 Å². The number of benzene rings is 2. The molecule has 2 N–H and O–H groups in total. The van der Waals surface area contributed by atoms with E-state index in [1.54, 1.807) is 12.1 Å². The quantitative estimate of drug-likeness (QED) is 0.688. The molecule has 1 aromatic heterocycles. The Kier molecular flexibility index (Phi) is 5.28. The van der Waals surface area contributed by atoms with Crippen molar-refractivity contribution in [3.05, 3.63) is 71.2 Å². The van der Waals surface area contributed by atoms with E-state index >= 15 is 0 Å². The minimum atomic E-state index is -0.605. The zero-order chi connectivity index (χ0) is 18.5. The molecule has 1 heterocycles. The molecule has 2 amide bonds. The van der Waals surface area contributed by atoms with Crippen LogP contribution in [-0.4, -0.2) is 18.4 Å². The van der Waals surface area contributed by atoms with Crippen LogP contribution >= 0.6 is 0 Å². The van der Waals surface area contributed by atoms with Crippen molar-refractivity contribution >= 4 is 22.8 Å². The molecule has 0 aliphatic carbocycles. The van der Waals surface area contributed by atoms with E-state index in [0.29, 0.717) is 17.8 Å². The molecule has 3 aromatic rings. The third-order valence-corrected chi connectivity index (χ3v) is 3.75. The molecule has 0 atom stereocenters. The molecule has 26 heavy (non-hydrogen) atoms. The molecule has 0 saturated carbocycles. The second-order valence-electron chi connectivity index (χ2n) is 5.46. The van der Waals surface area contributed by atoms with Gasteiger partial charge >= 0.3 is 5.91 Å². The van der Waals surface area contributed by atoms with Crippen molar-refractivity contribution in [2.45, 2.75) is 13.5 Å². The van der Waals surface area contributed by atoms with Gasteiger partial charge in [-0.1, -0.05) is 18.2 Å². The minimum absolute atomic E-state index is 0.0686. The summed E-state index contributed by atoms with van der Waals surface area (Å²) in [4.78, 5) is 24.5. The van der Waals surface area contributed by atoms with Crippen molar-refractivity contribution in [2.24, 2.45) is 0 Å². The van der Waals surface area contributed by atoms with E-state index in [1.165, 1.54) is 12.1 Å². The molecule has 0 spiro atoms. The van der Waals surface area contributed by atoms with Gasteiger partial charge < -0.3 is 9.15 Å². The van der Waals surface area contributed by atoms with Gasteiger partial charge in [0.15, 0.2) is 5.76 Å². The molecule has 0 bridgehead atoms. The van der Waals surface area contributed by atoms with Gasteiger partial charge in [0, 0.05) is 23.1 Å². The number of amides is 2. The van der Waals surface area contributed by atoms with Crippen molar-refractivity contribution in [1.82, 2.24) is 10.9 Å². The predicted molar refractivity (Wildman–Crippen MR) is 92.9 cm³/mol. The number of carbonyl (C=O) groups is 2. The third-order valence-electron chi connectivity index (χ3n) is 3.75. The van der Waals surface area contributed by atoms with Gasteiger partial charge in [0.2, 0.25) is 0 Å². The smallest absolute Gasteiger partial charge is 0.305 e. The van der Waals surface area contributed by atoms with Crippen LogP contribution in [0.4, 0.5) is 4.39 Å². The van der Waals surface area contributed by atoms with Crippen LogP contribution in [0.2, 0.25) is 0 Å². The van der Waals surface area contributed by atoms with Crippen LogP contribution in [0.15, 0.2) is 52.9 Å². The van der Waals surface area contributed by atoms with Gasteiger partial charge in [0.25, 0.3) is 5.91 Å². The van der Waals surface area contributed by atoms with Gasteiger partial charge in [-0.25, -0.2) is 4.39 Å². The molecule has 0 unspecified atom stereocenters. The molecule has 6 nitrogen and oxygen atoms in total. The number of nitrogens with one attached hydrogen (secondary N) is 2. The van der Waals surface area contributed by atoms with Gasteiger partial charge in [-0.05, 0) is 37.3 Å². The highest BCUT2D eigenvalue weighted by molar-refractivity contribution is 6.01. The van der Waals surface area contributed by atoms with Gasteiger partial charge in [-0.2, -0.15) is 0 Å². The average molecular weight is 356 g/mol. The third kappa shape index (κ3) is 3.73. The second kappa shape index (κ2) is 7.79. The number of rotatable bonds is 5. The normalized spacial score (nSPS) is 10.7. The SMILES string of the molecule is CCOCc1c(C(=O)NNC(=O)c2ccc(F)cc2)oc2ccccc12. The van der Waals surface area contributed by atoms with Gasteiger partial charge in [0.1, 0.15) is 11.4 Å². The summed E-state index contributed by atoms with van der Waals surface area (Å²) >= 11 is 0. The summed E-state index contributed by atoms with van der Waals surface area (Å²) in [7, 11) is 0. The number of para-hydroxylation sites is 1. The number of ether oxygens (including phenoxy) is 1. The molecule has 0 aliphatic heterocycles. The largest absolute Gasteiger partial charge is 0.450 e. The average Bonchev–Trinajstić information content (AvgIpc) is 3.03.